The summed E-state index contributed by atoms with van der Waals surface area (Å²) >= 11 is 0. The first-order chi connectivity index (χ1) is 41.3. The van der Waals surface area contributed by atoms with Crippen molar-refractivity contribution in [2.75, 3.05) is 55.9 Å². The van der Waals surface area contributed by atoms with Crippen molar-refractivity contribution < 1.29 is 52.7 Å². The van der Waals surface area contributed by atoms with Gasteiger partial charge >= 0.3 is 0 Å². The van der Waals surface area contributed by atoms with Crippen LogP contribution in [0.2, 0.25) is 0 Å². The highest BCUT2D eigenvalue weighted by molar-refractivity contribution is 5.99. The molecule has 1 saturated heterocycles. The van der Waals surface area contributed by atoms with E-state index < -0.39 is 144 Å². The molecule has 1 heterocycles. The van der Waals surface area contributed by atoms with Crippen molar-refractivity contribution in [3.05, 3.63) is 12.2 Å². The number of hydrogen-bond donors (Lipinski definition) is 4. The standard InChI is InChI=1S/C66H116N12O11/c1-24-48-62(85)72(17)38-54(79)73(18)49(33-39(2)3)60(83)71-55(43(10)11)65(88)74(19)50(34-40(4)5)58(81)68-46(15)57(80)69-47(16)61(84)76(21)52(35-41(6)7)63(86)77(22)53(36-42(8)9)64(87)78(23)56(44(12)13)66(89)75(20)51(59(82)70-48)37-45(14)31-29-27-25-26-28-30-32-67/h27,29,39-53,55-56H,24-26,28,30-31,33-38H2,1-23H3,(H,68,81)(H,69,80)(H,70,82)(H,71,83)/b29-27+/t45-,46-,47+,48+,49+,50-,51?,52-,53+,55-,56+/m1/s1. The zero-order chi connectivity index (χ0) is 68.6. The third-order valence-electron chi connectivity index (χ3n) is 16.8. The minimum absolute atomic E-state index is 0.0922. The first kappa shape index (κ1) is 80.4. The van der Waals surface area contributed by atoms with E-state index in [9.17, 15) is 38.4 Å². The van der Waals surface area contributed by atoms with Crippen LogP contribution in [0, 0.1) is 52.8 Å². The quantitative estimate of drug-likeness (QED) is 0.0940. The largest absolute Gasteiger partial charge is 0.343 e. The van der Waals surface area contributed by atoms with E-state index in [0.717, 1.165) is 19.3 Å². The molecule has 11 amide bonds. The Bertz CT molecular complexity index is 2460. The third-order valence-corrected chi connectivity index (χ3v) is 16.8. The van der Waals surface area contributed by atoms with Crippen LogP contribution < -0.4 is 21.3 Å². The smallest absolute Gasteiger partial charge is 0.246 e. The summed E-state index contributed by atoms with van der Waals surface area (Å²) in [6.07, 6.45) is 8.30. The molecule has 1 fully saturated rings. The number of carbonyl (C=O) groups is 11. The van der Waals surface area contributed by atoms with Crippen LogP contribution in [0.5, 0.6) is 0 Å². The van der Waals surface area contributed by atoms with Crippen molar-refractivity contribution in [2.24, 2.45) is 41.4 Å². The van der Waals surface area contributed by atoms with Gasteiger partial charge in [-0.1, -0.05) is 109 Å². The Morgan fingerprint density at radius 1 is 0.461 bits per heavy atom. The summed E-state index contributed by atoms with van der Waals surface area (Å²) in [5, 5.41) is 20.1. The molecular formula is C66H116N12O11. The van der Waals surface area contributed by atoms with E-state index in [1.807, 2.05) is 74.5 Å². The fourth-order valence-corrected chi connectivity index (χ4v) is 11.2. The second kappa shape index (κ2) is 38.2. The van der Waals surface area contributed by atoms with Crippen LogP contribution in [0.3, 0.4) is 0 Å². The molecule has 1 aliphatic heterocycles. The first-order valence-electron chi connectivity index (χ1n) is 32.4. The molecule has 0 aliphatic carbocycles. The number of unbranched alkanes of at least 4 members (excludes halogenated alkanes) is 3. The molecule has 4 N–H and O–H groups in total. The van der Waals surface area contributed by atoms with Crippen LogP contribution >= 0.6 is 0 Å². The number of allylic oxidation sites excluding steroid dienone is 2. The topological polar surface area (TPSA) is 282 Å². The number of amides is 11. The molecule has 0 aromatic rings. The van der Waals surface area contributed by atoms with E-state index in [2.05, 4.69) is 27.3 Å². The van der Waals surface area contributed by atoms with Crippen molar-refractivity contribution in [3.8, 4) is 6.07 Å². The lowest BCUT2D eigenvalue weighted by molar-refractivity contribution is -0.156. The second-order valence-corrected chi connectivity index (χ2v) is 27.3. The van der Waals surface area contributed by atoms with Gasteiger partial charge in [0.05, 0.1) is 12.6 Å². The van der Waals surface area contributed by atoms with E-state index >= 15 is 14.4 Å². The third kappa shape index (κ3) is 24.6. The van der Waals surface area contributed by atoms with Crippen LogP contribution in [-0.4, -0.2) is 216 Å². The molecule has 506 valence electrons. The Morgan fingerprint density at radius 2 is 0.888 bits per heavy atom. The van der Waals surface area contributed by atoms with E-state index in [1.165, 1.54) is 97.5 Å². The summed E-state index contributed by atoms with van der Waals surface area (Å²) in [4.78, 5) is 170. The summed E-state index contributed by atoms with van der Waals surface area (Å²) in [6.45, 7) is 28.1. The molecule has 11 atom stereocenters. The lowest BCUT2D eigenvalue weighted by Crippen LogP contribution is -2.61. The van der Waals surface area contributed by atoms with Crippen LogP contribution in [-0.2, 0) is 52.7 Å². The summed E-state index contributed by atoms with van der Waals surface area (Å²) < 4.78 is 0. The minimum atomic E-state index is -1.22. The van der Waals surface area contributed by atoms with E-state index in [-0.39, 0.29) is 68.1 Å². The molecule has 0 bridgehead atoms. The molecule has 0 spiro atoms. The molecule has 0 saturated carbocycles. The van der Waals surface area contributed by atoms with Gasteiger partial charge in [0.1, 0.15) is 60.4 Å². The lowest BCUT2D eigenvalue weighted by atomic mass is 9.93. The van der Waals surface area contributed by atoms with Crippen molar-refractivity contribution in [1.82, 2.24) is 55.6 Å². The highest BCUT2D eigenvalue weighted by Crippen LogP contribution is 2.25. The predicted molar refractivity (Wildman–Crippen MR) is 345 cm³/mol. The number of nitriles is 1. The predicted octanol–water partition coefficient (Wildman–Crippen LogP) is 5.36. The summed E-state index contributed by atoms with van der Waals surface area (Å²) in [5.74, 6) is -8.54. The van der Waals surface area contributed by atoms with E-state index in [0.29, 0.717) is 12.8 Å². The maximum atomic E-state index is 15.2. The fourth-order valence-electron chi connectivity index (χ4n) is 11.2. The fraction of sp³-hybridized carbons (Fsp3) is 0.788. The first-order valence-corrected chi connectivity index (χ1v) is 32.4. The Labute approximate surface area is 533 Å². The molecule has 0 aromatic heterocycles. The van der Waals surface area contributed by atoms with Gasteiger partial charge in [0.2, 0.25) is 65.0 Å². The Morgan fingerprint density at radius 3 is 1.37 bits per heavy atom. The van der Waals surface area contributed by atoms with Crippen LogP contribution in [0.15, 0.2) is 12.2 Å². The van der Waals surface area contributed by atoms with Crippen molar-refractivity contribution in [3.63, 3.8) is 0 Å². The lowest BCUT2D eigenvalue weighted by Gasteiger charge is -2.41. The number of nitrogens with one attached hydrogen (secondary N) is 4. The van der Waals surface area contributed by atoms with Gasteiger partial charge in [-0.3, -0.25) is 52.7 Å². The zero-order valence-corrected chi connectivity index (χ0v) is 58.5. The number of carbonyl (C=O) groups excluding carboxylic acids is 11. The highest BCUT2D eigenvalue weighted by Gasteiger charge is 2.44. The second-order valence-electron chi connectivity index (χ2n) is 27.3. The van der Waals surface area contributed by atoms with Crippen LogP contribution in [0.4, 0.5) is 0 Å². The van der Waals surface area contributed by atoms with Gasteiger partial charge in [-0.05, 0) is 119 Å². The normalized spacial score (nSPS) is 25.8. The van der Waals surface area contributed by atoms with Gasteiger partial charge in [0.15, 0.2) is 0 Å². The molecule has 1 unspecified atom stereocenters. The van der Waals surface area contributed by atoms with Gasteiger partial charge in [-0.25, -0.2) is 0 Å². The van der Waals surface area contributed by atoms with Crippen LogP contribution in [0.25, 0.3) is 0 Å². The monoisotopic (exact) mass is 1250 g/mol. The summed E-state index contributed by atoms with van der Waals surface area (Å²) in [5.41, 5.74) is 0. The van der Waals surface area contributed by atoms with Gasteiger partial charge in [0.25, 0.3) is 0 Å². The summed E-state index contributed by atoms with van der Waals surface area (Å²) in [7, 11) is 10.2. The van der Waals surface area contributed by atoms with Gasteiger partial charge < -0.3 is 55.6 Å². The molecular weight excluding hydrogens is 1140 g/mol. The highest BCUT2D eigenvalue weighted by atomic mass is 16.2. The molecule has 89 heavy (non-hydrogen) atoms. The summed E-state index contributed by atoms with van der Waals surface area (Å²) in [6, 6.07) is -9.43. The number of rotatable bonds is 19. The molecule has 1 rings (SSSR count). The van der Waals surface area contributed by atoms with Crippen molar-refractivity contribution >= 4 is 65.0 Å². The van der Waals surface area contributed by atoms with Gasteiger partial charge in [-0.2, -0.15) is 5.26 Å². The maximum absolute atomic E-state index is 15.2. The number of likely N-dealkylation sites (N-methyl/N-ethyl adjacent to an activating group) is 7. The Hall–Kier alpha value is -6.60. The average Bonchev–Trinajstić information content (AvgIpc) is 1.00. The van der Waals surface area contributed by atoms with Crippen molar-refractivity contribution in [2.45, 2.75) is 242 Å². The van der Waals surface area contributed by atoms with Gasteiger partial charge in [0, 0.05) is 55.8 Å². The minimum Gasteiger partial charge on any atom is -0.343 e. The van der Waals surface area contributed by atoms with Crippen LogP contribution in [0.1, 0.15) is 181 Å². The van der Waals surface area contributed by atoms with E-state index in [1.54, 1.807) is 34.6 Å². The molecule has 0 radical (unpaired) electrons. The number of nitrogens with zero attached hydrogens (tertiary/aromatic N) is 8. The molecule has 23 heteroatoms. The van der Waals surface area contributed by atoms with E-state index in [4.69, 9.17) is 5.26 Å². The maximum Gasteiger partial charge on any atom is 0.246 e. The van der Waals surface area contributed by atoms with Crippen molar-refractivity contribution in [1.29, 1.82) is 5.26 Å². The SMILES string of the molecule is CC[C@@H]1NC(=O)C(C[C@H](C)C/C=C/CCCCC#N)N(C)C(=O)[C@H](C(C)C)N(C)C(=O)[C@H](CC(C)C)N(C)C(=O)[C@@H](CC(C)C)N(C)C(=O)[C@H](C)NC(=O)[C@@H](C)NC(=O)[C@@H](CC(C)C)N(C)C(=O)[C@@H](C(C)C)NC(=O)[C@H](CC(C)C)N(C)C(=O)CN(C)C1=O. The molecule has 1 aliphatic rings. The Balaban J connectivity index is 4.29. The Kier molecular flexibility index (Phi) is 34.5. The van der Waals surface area contributed by atoms with Gasteiger partial charge in [-0.15, -0.1) is 0 Å². The zero-order valence-electron chi connectivity index (χ0n) is 58.5. The molecule has 23 nitrogen and oxygen atoms in total. The number of hydrogen-bond acceptors (Lipinski definition) is 12. The average molecular weight is 1250 g/mol. The molecule has 0 aromatic carbocycles.